The molecule has 1 aliphatic rings. The van der Waals surface area contributed by atoms with Gasteiger partial charge in [0, 0.05) is 29.1 Å². The third-order valence-electron chi connectivity index (χ3n) is 2.99. The molecule has 1 amide bonds. The van der Waals surface area contributed by atoms with E-state index in [0.717, 1.165) is 25.9 Å². The van der Waals surface area contributed by atoms with Crippen molar-refractivity contribution in [3.63, 3.8) is 0 Å². The van der Waals surface area contributed by atoms with E-state index in [-0.39, 0.29) is 5.91 Å². The number of likely N-dealkylation sites (tertiary alicyclic amines) is 1. The molecule has 3 nitrogen and oxygen atoms in total. The van der Waals surface area contributed by atoms with Gasteiger partial charge in [-0.2, -0.15) is 0 Å². The summed E-state index contributed by atoms with van der Waals surface area (Å²) in [4.78, 5) is 16.1. The molecule has 1 aliphatic heterocycles. The fraction of sp³-hybridized carbons (Fsp3) is 0.769. The van der Waals surface area contributed by atoms with Crippen molar-refractivity contribution in [1.29, 1.82) is 0 Å². The van der Waals surface area contributed by atoms with Crippen LogP contribution in [0.5, 0.6) is 0 Å². The minimum absolute atomic E-state index is 0.186. The Balaban J connectivity index is 2.47. The van der Waals surface area contributed by atoms with Gasteiger partial charge in [0.1, 0.15) is 0 Å². The SMILES string of the molecule is C[C@H](I)CC1CCCN1C(=O)/C=C/CN(C)C. The number of rotatable bonds is 5. The minimum atomic E-state index is 0.186. The molecule has 0 aromatic rings. The van der Waals surface area contributed by atoms with E-state index in [4.69, 9.17) is 0 Å². The summed E-state index contributed by atoms with van der Waals surface area (Å²) in [5.41, 5.74) is 0. The van der Waals surface area contributed by atoms with Crippen molar-refractivity contribution in [3.05, 3.63) is 12.2 Å². The quantitative estimate of drug-likeness (QED) is 0.432. The predicted molar refractivity (Wildman–Crippen MR) is 80.5 cm³/mol. The molecule has 1 fully saturated rings. The van der Waals surface area contributed by atoms with Crippen molar-refractivity contribution in [3.8, 4) is 0 Å². The van der Waals surface area contributed by atoms with Crippen molar-refractivity contribution < 1.29 is 4.79 Å². The maximum absolute atomic E-state index is 12.0. The number of hydrogen-bond acceptors (Lipinski definition) is 2. The number of amides is 1. The number of carbonyl (C=O) groups is 1. The maximum atomic E-state index is 12.0. The molecule has 0 aromatic heterocycles. The Hall–Kier alpha value is -0.100. The van der Waals surface area contributed by atoms with Gasteiger partial charge in [-0.25, -0.2) is 0 Å². The van der Waals surface area contributed by atoms with Gasteiger partial charge < -0.3 is 9.80 Å². The number of carbonyl (C=O) groups excluding carboxylic acids is 1. The first-order valence-electron chi connectivity index (χ1n) is 6.26. The second kappa shape index (κ2) is 7.36. The van der Waals surface area contributed by atoms with Gasteiger partial charge in [-0.15, -0.1) is 0 Å². The van der Waals surface area contributed by atoms with Crippen molar-refractivity contribution in [2.75, 3.05) is 27.2 Å². The Morgan fingerprint density at radius 1 is 1.59 bits per heavy atom. The second-order valence-electron chi connectivity index (χ2n) is 5.01. The van der Waals surface area contributed by atoms with Crippen LogP contribution in [0.2, 0.25) is 0 Å². The van der Waals surface area contributed by atoms with Crippen LogP contribution in [0.15, 0.2) is 12.2 Å². The van der Waals surface area contributed by atoms with Crippen LogP contribution in [0, 0.1) is 0 Å². The van der Waals surface area contributed by atoms with Gasteiger partial charge in [0.05, 0.1) is 0 Å². The van der Waals surface area contributed by atoms with Gasteiger partial charge in [-0.05, 0) is 33.4 Å². The summed E-state index contributed by atoms with van der Waals surface area (Å²) in [5, 5.41) is 0. The van der Waals surface area contributed by atoms with Crippen LogP contribution in [0.1, 0.15) is 26.2 Å². The van der Waals surface area contributed by atoms with E-state index in [1.165, 1.54) is 6.42 Å². The normalized spacial score (nSPS) is 22.6. The summed E-state index contributed by atoms with van der Waals surface area (Å²) < 4.78 is 0.636. The highest BCUT2D eigenvalue weighted by molar-refractivity contribution is 14.1. The Kier molecular flexibility index (Phi) is 6.48. The molecule has 1 heterocycles. The zero-order valence-corrected chi connectivity index (χ0v) is 13.2. The van der Waals surface area contributed by atoms with Crippen LogP contribution in [0.25, 0.3) is 0 Å². The third kappa shape index (κ3) is 5.38. The van der Waals surface area contributed by atoms with Crippen molar-refractivity contribution in [1.82, 2.24) is 9.80 Å². The molecule has 0 aromatic carbocycles. The molecule has 0 saturated carbocycles. The maximum Gasteiger partial charge on any atom is 0.246 e. The zero-order chi connectivity index (χ0) is 12.8. The van der Waals surface area contributed by atoms with Crippen molar-refractivity contribution in [2.24, 2.45) is 0 Å². The van der Waals surface area contributed by atoms with Crippen LogP contribution >= 0.6 is 22.6 Å². The van der Waals surface area contributed by atoms with Crippen molar-refractivity contribution >= 4 is 28.5 Å². The zero-order valence-electron chi connectivity index (χ0n) is 11.0. The highest BCUT2D eigenvalue weighted by atomic mass is 127. The number of halogens is 1. The molecule has 4 heteroatoms. The van der Waals surface area contributed by atoms with Gasteiger partial charge >= 0.3 is 0 Å². The monoisotopic (exact) mass is 350 g/mol. The van der Waals surface area contributed by atoms with Gasteiger partial charge in [-0.3, -0.25) is 4.79 Å². The fourth-order valence-corrected chi connectivity index (χ4v) is 2.79. The van der Waals surface area contributed by atoms with Gasteiger partial charge in [0.2, 0.25) is 5.91 Å². The lowest BCUT2D eigenvalue weighted by atomic mass is 10.1. The van der Waals surface area contributed by atoms with Crippen LogP contribution in [-0.2, 0) is 4.79 Å². The molecule has 1 unspecified atom stereocenters. The average Bonchev–Trinajstić information content (AvgIpc) is 2.64. The summed E-state index contributed by atoms with van der Waals surface area (Å²) >= 11 is 2.44. The van der Waals surface area contributed by atoms with Gasteiger partial charge in [-0.1, -0.05) is 35.6 Å². The molecule has 1 rings (SSSR count). The highest BCUT2D eigenvalue weighted by Crippen LogP contribution is 2.24. The van der Waals surface area contributed by atoms with E-state index in [1.54, 1.807) is 6.08 Å². The largest absolute Gasteiger partial charge is 0.336 e. The van der Waals surface area contributed by atoms with E-state index in [2.05, 4.69) is 34.4 Å². The standard InChI is InChI=1S/C13H23IN2O/c1-11(14)10-12-6-4-9-16(12)13(17)7-5-8-15(2)3/h5,7,11-12H,4,6,8-10H2,1-3H3/b7-5+/t11-,12?/m0/s1. The molecular formula is C13H23IN2O. The first-order valence-corrected chi connectivity index (χ1v) is 7.51. The first kappa shape index (κ1) is 15.0. The van der Waals surface area contributed by atoms with Gasteiger partial charge in [0.25, 0.3) is 0 Å². The number of alkyl halides is 1. The summed E-state index contributed by atoms with van der Waals surface area (Å²) in [5.74, 6) is 0.186. The lowest BCUT2D eigenvalue weighted by Crippen LogP contribution is -2.35. The first-order chi connectivity index (χ1) is 8.00. The Morgan fingerprint density at radius 2 is 2.29 bits per heavy atom. The average molecular weight is 350 g/mol. The molecule has 17 heavy (non-hydrogen) atoms. The van der Waals surface area contributed by atoms with E-state index < -0.39 is 0 Å². The molecule has 1 saturated heterocycles. The predicted octanol–water partition coefficient (Wildman–Crippen LogP) is 2.31. The molecular weight excluding hydrogens is 327 g/mol. The van der Waals surface area contributed by atoms with Crippen LogP contribution in [-0.4, -0.2) is 52.9 Å². The summed E-state index contributed by atoms with van der Waals surface area (Å²) in [6, 6.07) is 0.457. The summed E-state index contributed by atoms with van der Waals surface area (Å²) in [7, 11) is 4.01. The Bertz CT molecular complexity index is 277. The highest BCUT2D eigenvalue weighted by Gasteiger charge is 2.27. The molecule has 0 aliphatic carbocycles. The van der Waals surface area contributed by atoms with E-state index in [0.29, 0.717) is 9.97 Å². The number of hydrogen-bond donors (Lipinski definition) is 0. The Morgan fingerprint density at radius 3 is 2.88 bits per heavy atom. The van der Waals surface area contributed by atoms with Crippen LogP contribution in [0.4, 0.5) is 0 Å². The summed E-state index contributed by atoms with van der Waals surface area (Å²) in [6.07, 6.45) is 7.12. The van der Waals surface area contributed by atoms with Crippen LogP contribution in [0.3, 0.4) is 0 Å². The minimum Gasteiger partial charge on any atom is -0.336 e. The third-order valence-corrected chi connectivity index (χ3v) is 3.50. The van der Waals surface area contributed by atoms with E-state index in [9.17, 15) is 4.79 Å². The molecule has 0 bridgehead atoms. The molecule has 2 atom stereocenters. The van der Waals surface area contributed by atoms with Crippen LogP contribution < -0.4 is 0 Å². The second-order valence-corrected chi connectivity index (χ2v) is 7.14. The number of likely N-dealkylation sites (N-methyl/N-ethyl adjacent to an activating group) is 1. The summed E-state index contributed by atoms with van der Waals surface area (Å²) in [6.45, 7) is 3.97. The smallest absolute Gasteiger partial charge is 0.246 e. The Labute approximate surface area is 118 Å². The van der Waals surface area contributed by atoms with Crippen molar-refractivity contribution in [2.45, 2.75) is 36.2 Å². The van der Waals surface area contributed by atoms with E-state index in [1.807, 2.05) is 25.1 Å². The molecule has 0 spiro atoms. The molecule has 0 N–H and O–H groups in total. The van der Waals surface area contributed by atoms with E-state index >= 15 is 0 Å². The molecule has 98 valence electrons. The number of nitrogens with zero attached hydrogens (tertiary/aromatic N) is 2. The lowest BCUT2D eigenvalue weighted by molar-refractivity contribution is -0.126. The lowest BCUT2D eigenvalue weighted by Gasteiger charge is -2.24. The fourth-order valence-electron chi connectivity index (χ4n) is 2.21. The molecule has 0 radical (unpaired) electrons. The van der Waals surface area contributed by atoms with Gasteiger partial charge in [0.15, 0.2) is 0 Å². The topological polar surface area (TPSA) is 23.6 Å².